The van der Waals surface area contributed by atoms with Crippen LogP contribution < -0.4 is 5.73 Å². The summed E-state index contributed by atoms with van der Waals surface area (Å²) in [5.41, 5.74) is 7.50. The summed E-state index contributed by atoms with van der Waals surface area (Å²) in [7, 11) is 0. The minimum absolute atomic E-state index is 0.144. The number of benzene rings is 1. The molecule has 0 atom stereocenters. The van der Waals surface area contributed by atoms with Crippen molar-refractivity contribution < 1.29 is 8.81 Å². The van der Waals surface area contributed by atoms with Crippen LogP contribution in [0.25, 0.3) is 0 Å². The Hall–Kier alpha value is -1.82. The number of nitrogens with zero attached hydrogens (tertiary/aromatic N) is 1. The smallest absolute Gasteiger partial charge is 0.256 e. The average Bonchev–Trinajstić information content (AvgIpc) is 2.67. The van der Waals surface area contributed by atoms with E-state index in [1.54, 1.807) is 6.07 Å². The molecular formula is C13H14FN3OS. The van der Waals surface area contributed by atoms with Gasteiger partial charge >= 0.3 is 0 Å². The zero-order chi connectivity index (χ0) is 14.0. The Morgan fingerprint density at radius 3 is 2.79 bits per heavy atom. The molecule has 2 aromatic rings. The minimum Gasteiger partial charge on any atom is -0.437 e. The van der Waals surface area contributed by atoms with Crippen molar-refractivity contribution in [3.8, 4) is 0 Å². The predicted octanol–water partition coefficient (Wildman–Crippen LogP) is 3.01. The first-order chi connectivity index (χ1) is 8.97. The highest BCUT2D eigenvalue weighted by Gasteiger charge is 2.10. The van der Waals surface area contributed by atoms with Gasteiger partial charge in [0.2, 0.25) is 0 Å². The standard InChI is InChI=1S/C13H14FN3OS/c1-7-8(2)18-13(17-7)19-6-9-3-4-10(14)5-11(9)12(15)16/h3-5H,6H2,1-2H3,(H3,15,16). The van der Waals surface area contributed by atoms with Gasteiger partial charge in [-0.3, -0.25) is 5.41 Å². The molecule has 1 aromatic carbocycles. The number of hydrogen-bond acceptors (Lipinski definition) is 4. The van der Waals surface area contributed by atoms with Crippen molar-refractivity contribution >= 4 is 17.6 Å². The van der Waals surface area contributed by atoms with Crippen molar-refractivity contribution in [2.75, 3.05) is 0 Å². The Morgan fingerprint density at radius 2 is 2.21 bits per heavy atom. The van der Waals surface area contributed by atoms with Gasteiger partial charge in [-0.1, -0.05) is 17.8 Å². The minimum atomic E-state index is -0.401. The summed E-state index contributed by atoms with van der Waals surface area (Å²) in [6, 6.07) is 4.25. The SMILES string of the molecule is Cc1nc(SCc2ccc(F)cc2C(=N)N)oc1C. The lowest BCUT2D eigenvalue weighted by atomic mass is 10.1. The Kier molecular flexibility index (Phi) is 3.90. The van der Waals surface area contributed by atoms with Crippen LogP contribution in [0.3, 0.4) is 0 Å². The Bertz CT molecular complexity index is 605. The van der Waals surface area contributed by atoms with E-state index in [0.717, 1.165) is 17.0 Å². The molecule has 0 fully saturated rings. The van der Waals surface area contributed by atoms with Gasteiger partial charge < -0.3 is 10.2 Å². The van der Waals surface area contributed by atoms with Gasteiger partial charge in [0.1, 0.15) is 17.4 Å². The van der Waals surface area contributed by atoms with Gasteiger partial charge in [0.15, 0.2) is 0 Å². The van der Waals surface area contributed by atoms with E-state index in [1.165, 1.54) is 23.9 Å². The molecule has 19 heavy (non-hydrogen) atoms. The number of halogens is 1. The Balaban J connectivity index is 2.17. The molecule has 3 N–H and O–H groups in total. The summed E-state index contributed by atoms with van der Waals surface area (Å²) in [4.78, 5) is 4.25. The van der Waals surface area contributed by atoms with Gasteiger partial charge in [0.25, 0.3) is 5.22 Å². The van der Waals surface area contributed by atoms with Crippen LogP contribution in [-0.4, -0.2) is 10.8 Å². The fourth-order valence-corrected chi connectivity index (χ4v) is 2.49. The maximum atomic E-state index is 13.1. The second-order valence-electron chi connectivity index (χ2n) is 4.13. The van der Waals surface area contributed by atoms with Crippen molar-refractivity contribution in [3.63, 3.8) is 0 Å². The number of hydrogen-bond donors (Lipinski definition) is 2. The molecule has 0 aliphatic rings. The summed E-state index contributed by atoms with van der Waals surface area (Å²) < 4.78 is 18.6. The molecule has 0 spiro atoms. The first-order valence-corrected chi connectivity index (χ1v) is 6.65. The summed E-state index contributed by atoms with van der Waals surface area (Å²) >= 11 is 1.39. The molecule has 0 aliphatic heterocycles. The highest BCUT2D eigenvalue weighted by Crippen LogP contribution is 2.25. The fraction of sp³-hybridized carbons (Fsp3) is 0.231. The topological polar surface area (TPSA) is 75.9 Å². The van der Waals surface area contributed by atoms with E-state index in [2.05, 4.69) is 4.98 Å². The molecule has 2 rings (SSSR count). The number of nitrogen functional groups attached to an aromatic ring is 1. The zero-order valence-electron chi connectivity index (χ0n) is 10.7. The summed E-state index contributed by atoms with van der Waals surface area (Å²) in [6.07, 6.45) is 0. The van der Waals surface area contributed by atoms with Crippen LogP contribution in [0.1, 0.15) is 22.6 Å². The number of aryl methyl sites for hydroxylation is 2. The van der Waals surface area contributed by atoms with E-state index in [4.69, 9.17) is 15.6 Å². The highest BCUT2D eigenvalue weighted by atomic mass is 32.2. The molecule has 0 saturated heterocycles. The van der Waals surface area contributed by atoms with Gasteiger partial charge in [-0.25, -0.2) is 9.37 Å². The molecule has 0 radical (unpaired) electrons. The van der Waals surface area contributed by atoms with Crippen LogP contribution in [-0.2, 0) is 5.75 Å². The van der Waals surface area contributed by atoms with Gasteiger partial charge in [0, 0.05) is 11.3 Å². The first kappa shape index (κ1) is 13.6. The maximum absolute atomic E-state index is 13.1. The van der Waals surface area contributed by atoms with E-state index >= 15 is 0 Å². The monoisotopic (exact) mass is 279 g/mol. The summed E-state index contributed by atoms with van der Waals surface area (Å²) in [5.74, 6) is 0.763. The number of nitrogens with one attached hydrogen (secondary N) is 1. The van der Waals surface area contributed by atoms with Gasteiger partial charge in [-0.2, -0.15) is 0 Å². The summed E-state index contributed by atoms with van der Waals surface area (Å²) in [6.45, 7) is 3.73. The molecule has 0 unspecified atom stereocenters. The second-order valence-corrected chi connectivity index (χ2v) is 5.05. The van der Waals surface area contributed by atoms with Crippen molar-refractivity contribution in [1.82, 2.24) is 4.98 Å². The van der Waals surface area contributed by atoms with Crippen molar-refractivity contribution in [1.29, 1.82) is 5.41 Å². The lowest BCUT2D eigenvalue weighted by molar-refractivity contribution is 0.431. The Labute approximate surface area is 114 Å². The number of amidine groups is 1. The zero-order valence-corrected chi connectivity index (χ0v) is 11.5. The molecule has 0 bridgehead atoms. The second kappa shape index (κ2) is 5.44. The molecule has 6 heteroatoms. The summed E-state index contributed by atoms with van der Waals surface area (Å²) in [5, 5.41) is 8.02. The number of nitrogens with two attached hydrogens (primary N) is 1. The largest absolute Gasteiger partial charge is 0.437 e. The quantitative estimate of drug-likeness (QED) is 0.512. The number of oxazole rings is 1. The first-order valence-electron chi connectivity index (χ1n) is 5.67. The van der Waals surface area contributed by atoms with Crippen molar-refractivity contribution in [2.45, 2.75) is 24.8 Å². The fourth-order valence-electron chi connectivity index (χ4n) is 1.57. The highest BCUT2D eigenvalue weighted by molar-refractivity contribution is 7.98. The Morgan fingerprint density at radius 1 is 1.47 bits per heavy atom. The predicted molar refractivity (Wildman–Crippen MR) is 73.0 cm³/mol. The molecule has 0 saturated carbocycles. The third kappa shape index (κ3) is 3.14. The van der Waals surface area contributed by atoms with Crippen molar-refractivity contribution in [3.05, 3.63) is 46.6 Å². The van der Waals surface area contributed by atoms with E-state index < -0.39 is 5.82 Å². The maximum Gasteiger partial charge on any atom is 0.256 e. The van der Waals surface area contributed by atoms with Crippen LogP contribution in [0.5, 0.6) is 0 Å². The molecular weight excluding hydrogens is 265 g/mol. The van der Waals surface area contributed by atoms with Gasteiger partial charge in [0.05, 0.1) is 5.69 Å². The number of rotatable bonds is 4. The molecule has 0 amide bonds. The molecule has 100 valence electrons. The lowest BCUT2D eigenvalue weighted by Crippen LogP contribution is -2.13. The molecule has 0 aliphatic carbocycles. The van der Waals surface area contributed by atoms with Crippen molar-refractivity contribution in [2.24, 2.45) is 5.73 Å². The van der Waals surface area contributed by atoms with Crippen LogP contribution >= 0.6 is 11.8 Å². The van der Waals surface area contributed by atoms with E-state index in [0.29, 0.717) is 16.5 Å². The van der Waals surface area contributed by atoms with E-state index in [9.17, 15) is 4.39 Å². The molecule has 1 aromatic heterocycles. The lowest BCUT2D eigenvalue weighted by Gasteiger charge is -2.06. The number of thioether (sulfide) groups is 1. The number of aromatic nitrogens is 1. The van der Waals surface area contributed by atoms with E-state index in [1.807, 2.05) is 13.8 Å². The third-order valence-corrected chi connectivity index (χ3v) is 3.60. The van der Waals surface area contributed by atoms with Crippen LogP contribution in [0.2, 0.25) is 0 Å². The average molecular weight is 279 g/mol. The molecule has 4 nitrogen and oxygen atoms in total. The van der Waals surface area contributed by atoms with Gasteiger partial charge in [-0.05, 0) is 31.5 Å². The normalized spacial score (nSPS) is 10.7. The van der Waals surface area contributed by atoms with Crippen LogP contribution in [0, 0.1) is 25.1 Å². The third-order valence-electron chi connectivity index (χ3n) is 2.72. The molecule has 1 heterocycles. The van der Waals surface area contributed by atoms with Gasteiger partial charge in [-0.15, -0.1) is 0 Å². The van der Waals surface area contributed by atoms with E-state index in [-0.39, 0.29) is 5.84 Å². The van der Waals surface area contributed by atoms with Crippen LogP contribution in [0.4, 0.5) is 4.39 Å². The van der Waals surface area contributed by atoms with Crippen LogP contribution in [0.15, 0.2) is 27.8 Å².